The summed E-state index contributed by atoms with van der Waals surface area (Å²) in [5.74, 6) is 2.97. The second kappa shape index (κ2) is 8.57. The predicted molar refractivity (Wildman–Crippen MR) is 76.4 cm³/mol. The average molecular weight is 246 g/mol. The lowest BCUT2D eigenvalue weighted by Gasteiger charge is -2.26. The molecule has 0 amide bonds. The molecule has 0 bridgehead atoms. The third kappa shape index (κ3) is 6.68. The molecule has 0 heterocycles. The molecule has 80 valence electrons. The summed E-state index contributed by atoms with van der Waals surface area (Å²) in [4.78, 5) is 0. The summed E-state index contributed by atoms with van der Waals surface area (Å²) in [5.41, 5.74) is 0. The zero-order chi connectivity index (χ0) is 10.9. The fourth-order valence-electron chi connectivity index (χ4n) is 0.756. The van der Waals surface area contributed by atoms with Crippen LogP contribution < -0.4 is 0 Å². The van der Waals surface area contributed by atoms with Gasteiger partial charge in [-0.05, 0) is 6.92 Å². The Bertz CT molecular complexity index is 156. The van der Waals surface area contributed by atoms with Crippen molar-refractivity contribution >= 4 is 35.3 Å². The molecule has 0 atom stereocenters. The van der Waals surface area contributed by atoms with Crippen molar-refractivity contribution < 1.29 is 0 Å². The van der Waals surface area contributed by atoms with Crippen molar-refractivity contribution in [2.24, 2.45) is 0 Å². The first-order valence-electron chi connectivity index (χ1n) is 4.43. The Balaban J connectivity index is 4.07. The van der Waals surface area contributed by atoms with Crippen LogP contribution in [0.2, 0.25) is 0 Å². The van der Waals surface area contributed by atoms with Gasteiger partial charge in [0, 0.05) is 17.3 Å². The van der Waals surface area contributed by atoms with Gasteiger partial charge < -0.3 is 0 Å². The van der Waals surface area contributed by atoms with Crippen LogP contribution in [0.3, 0.4) is 0 Å². The van der Waals surface area contributed by atoms with Gasteiger partial charge in [-0.15, -0.1) is 55.0 Å². The van der Waals surface area contributed by atoms with Gasteiger partial charge in [-0.25, -0.2) is 0 Å². The van der Waals surface area contributed by atoms with Crippen LogP contribution in [0.1, 0.15) is 6.92 Å². The van der Waals surface area contributed by atoms with Crippen molar-refractivity contribution in [2.45, 2.75) is 10.3 Å². The van der Waals surface area contributed by atoms with Gasteiger partial charge in [-0.3, -0.25) is 0 Å². The zero-order valence-electron chi connectivity index (χ0n) is 8.70. The van der Waals surface area contributed by atoms with Crippen LogP contribution in [0.4, 0.5) is 0 Å². The molecule has 0 fully saturated rings. The highest BCUT2D eigenvalue weighted by atomic mass is 32.3. The molecule has 0 aliphatic carbocycles. The van der Waals surface area contributed by atoms with E-state index in [0.717, 1.165) is 17.3 Å². The molecular formula is C11H18S3. The van der Waals surface area contributed by atoms with E-state index in [0.29, 0.717) is 0 Å². The molecule has 0 saturated heterocycles. The second-order valence-electron chi connectivity index (χ2n) is 2.66. The van der Waals surface area contributed by atoms with Crippen molar-refractivity contribution in [3.8, 4) is 0 Å². The molecule has 0 radical (unpaired) electrons. The van der Waals surface area contributed by atoms with E-state index >= 15 is 0 Å². The van der Waals surface area contributed by atoms with Crippen LogP contribution in [-0.4, -0.2) is 20.7 Å². The standard InChI is InChI=1S/C11H18S3/c1-5-8-12-11(4,13-9-6-2)14-10-7-3/h5-7H,1-3,8-10H2,4H3. The normalized spacial score (nSPS) is 10.9. The van der Waals surface area contributed by atoms with Crippen molar-refractivity contribution in [3.63, 3.8) is 0 Å². The van der Waals surface area contributed by atoms with Crippen molar-refractivity contribution in [1.29, 1.82) is 0 Å². The SMILES string of the molecule is C=CCSC(C)(SCC=C)SCC=C. The fourth-order valence-corrected chi connectivity index (χ4v) is 4.24. The number of hydrogen-bond donors (Lipinski definition) is 0. The molecular weight excluding hydrogens is 228 g/mol. The lowest BCUT2D eigenvalue weighted by atomic mass is 10.8. The molecule has 0 aliphatic heterocycles. The van der Waals surface area contributed by atoms with Gasteiger partial charge in [0.15, 0.2) is 0 Å². The van der Waals surface area contributed by atoms with Gasteiger partial charge in [-0.2, -0.15) is 0 Å². The first-order valence-corrected chi connectivity index (χ1v) is 7.38. The van der Waals surface area contributed by atoms with E-state index in [1.807, 2.05) is 53.5 Å². The van der Waals surface area contributed by atoms with Crippen LogP contribution >= 0.6 is 35.3 Å². The van der Waals surface area contributed by atoms with Gasteiger partial charge in [0.05, 0.1) is 0 Å². The largest absolute Gasteiger partial charge is 0.130 e. The minimum Gasteiger partial charge on any atom is -0.130 e. The molecule has 0 aromatic carbocycles. The summed E-state index contributed by atoms with van der Waals surface area (Å²) in [7, 11) is 0. The smallest absolute Gasteiger partial charge is 0.105 e. The van der Waals surface area contributed by atoms with Crippen LogP contribution in [0.5, 0.6) is 0 Å². The summed E-state index contributed by atoms with van der Waals surface area (Å²) in [6, 6.07) is 0. The van der Waals surface area contributed by atoms with Crippen LogP contribution in [0.15, 0.2) is 38.0 Å². The number of rotatable bonds is 9. The lowest BCUT2D eigenvalue weighted by Crippen LogP contribution is -2.11. The van der Waals surface area contributed by atoms with Gasteiger partial charge in [0.25, 0.3) is 0 Å². The molecule has 0 aromatic rings. The minimum atomic E-state index is 0.191. The van der Waals surface area contributed by atoms with Gasteiger partial charge in [-0.1, -0.05) is 18.2 Å². The highest BCUT2D eigenvalue weighted by molar-refractivity contribution is 8.33. The van der Waals surface area contributed by atoms with E-state index in [4.69, 9.17) is 0 Å². The quantitative estimate of drug-likeness (QED) is 0.437. The highest BCUT2D eigenvalue weighted by Gasteiger charge is 2.23. The Labute approximate surface area is 101 Å². The van der Waals surface area contributed by atoms with E-state index in [1.54, 1.807) is 0 Å². The Hall–Kier alpha value is 0.270. The highest BCUT2D eigenvalue weighted by Crippen LogP contribution is 2.46. The van der Waals surface area contributed by atoms with Crippen molar-refractivity contribution in [3.05, 3.63) is 38.0 Å². The topological polar surface area (TPSA) is 0 Å². The van der Waals surface area contributed by atoms with Crippen LogP contribution in [0.25, 0.3) is 0 Å². The molecule has 0 nitrogen and oxygen atoms in total. The zero-order valence-corrected chi connectivity index (χ0v) is 11.1. The maximum atomic E-state index is 3.74. The van der Waals surface area contributed by atoms with Crippen molar-refractivity contribution in [1.82, 2.24) is 0 Å². The Morgan fingerprint density at radius 3 is 1.36 bits per heavy atom. The predicted octanol–water partition coefficient (Wildman–Crippen LogP) is 4.42. The van der Waals surface area contributed by atoms with Crippen LogP contribution in [-0.2, 0) is 0 Å². The van der Waals surface area contributed by atoms with E-state index in [9.17, 15) is 0 Å². The molecule has 3 heteroatoms. The summed E-state index contributed by atoms with van der Waals surface area (Å²) in [6.07, 6.45) is 5.85. The summed E-state index contributed by atoms with van der Waals surface area (Å²) in [5, 5.41) is 0. The average Bonchev–Trinajstić information content (AvgIpc) is 2.21. The van der Waals surface area contributed by atoms with Gasteiger partial charge in [0.2, 0.25) is 0 Å². The first-order chi connectivity index (χ1) is 6.68. The molecule has 0 saturated carbocycles. The molecule has 0 unspecified atom stereocenters. The monoisotopic (exact) mass is 246 g/mol. The Kier molecular flexibility index (Phi) is 8.73. The molecule has 14 heavy (non-hydrogen) atoms. The maximum Gasteiger partial charge on any atom is 0.105 e. The first kappa shape index (κ1) is 14.3. The maximum absolute atomic E-state index is 3.74. The van der Waals surface area contributed by atoms with Gasteiger partial charge in [0.1, 0.15) is 3.41 Å². The van der Waals surface area contributed by atoms with E-state index in [1.165, 1.54) is 0 Å². The van der Waals surface area contributed by atoms with E-state index in [-0.39, 0.29) is 3.41 Å². The lowest BCUT2D eigenvalue weighted by molar-refractivity contribution is 1.31. The summed E-state index contributed by atoms with van der Waals surface area (Å²) >= 11 is 5.75. The van der Waals surface area contributed by atoms with E-state index in [2.05, 4.69) is 26.7 Å². The Morgan fingerprint density at radius 2 is 1.14 bits per heavy atom. The third-order valence-corrected chi connectivity index (χ3v) is 6.29. The van der Waals surface area contributed by atoms with Gasteiger partial charge >= 0.3 is 0 Å². The van der Waals surface area contributed by atoms with Crippen LogP contribution in [0, 0.1) is 0 Å². The van der Waals surface area contributed by atoms with E-state index < -0.39 is 0 Å². The number of thioether (sulfide) groups is 3. The molecule has 0 spiro atoms. The molecule has 0 aromatic heterocycles. The number of hydrogen-bond acceptors (Lipinski definition) is 3. The Morgan fingerprint density at radius 1 is 0.857 bits per heavy atom. The molecule has 0 N–H and O–H groups in total. The third-order valence-electron chi connectivity index (χ3n) is 1.39. The summed E-state index contributed by atoms with van der Waals surface area (Å²) < 4.78 is 0.191. The fraction of sp³-hybridized carbons (Fsp3) is 0.455. The van der Waals surface area contributed by atoms with Crippen molar-refractivity contribution in [2.75, 3.05) is 17.3 Å². The minimum absolute atomic E-state index is 0.191. The second-order valence-corrected chi connectivity index (χ2v) is 7.75. The molecule has 0 aliphatic rings. The summed E-state index contributed by atoms with van der Waals surface area (Å²) in [6.45, 7) is 13.5. The molecule has 0 rings (SSSR count).